The molecule has 0 saturated heterocycles. The van der Waals surface area contributed by atoms with E-state index in [-0.39, 0.29) is 17.6 Å². The summed E-state index contributed by atoms with van der Waals surface area (Å²) >= 11 is 0. The van der Waals surface area contributed by atoms with Crippen molar-refractivity contribution in [1.29, 1.82) is 0 Å². The second-order valence-corrected chi connectivity index (χ2v) is 5.89. The van der Waals surface area contributed by atoms with Gasteiger partial charge in [-0.15, -0.1) is 0 Å². The van der Waals surface area contributed by atoms with Crippen LogP contribution in [0.2, 0.25) is 0 Å². The van der Waals surface area contributed by atoms with Gasteiger partial charge in [0.2, 0.25) is 5.83 Å². The summed E-state index contributed by atoms with van der Waals surface area (Å²) in [6.07, 6.45) is 1.10. The van der Waals surface area contributed by atoms with E-state index >= 15 is 0 Å². The molecule has 0 N–H and O–H groups in total. The van der Waals surface area contributed by atoms with Gasteiger partial charge in [0, 0.05) is 18.3 Å². The Labute approximate surface area is 152 Å². The van der Waals surface area contributed by atoms with E-state index in [1.807, 2.05) is 6.92 Å². The number of hydrogen-bond acceptors (Lipinski definition) is 2. The summed E-state index contributed by atoms with van der Waals surface area (Å²) in [5.41, 5.74) is -1.58. The first-order valence-corrected chi connectivity index (χ1v) is 7.94. The highest BCUT2D eigenvalue weighted by molar-refractivity contribution is 5.53. The molecule has 0 aliphatic rings. The molecule has 0 aromatic rings. The van der Waals surface area contributed by atoms with E-state index in [1.165, 1.54) is 0 Å². The van der Waals surface area contributed by atoms with E-state index in [4.69, 9.17) is 4.74 Å². The molecule has 0 aliphatic heterocycles. The molecule has 0 fully saturated rings. The molecule has 2 atom stereocenters. The molecule has 0 spiro atoms. The van der Waals surface area contributed by atoms with Crippen LogP contribution in [0.1, 0.15) is 26.7 Å². The van der Waals surface area contributed by atoms with Crippen LogP contribution in [-0.2, 0) is 9.47 Å². The smallest absolute Gasteiger partial charge is 0.200 e. The zero-order valence-electron chi connectivity index (χ0n) is 15.7. The minimum absolute atomic E-state index is 0.0343. The minimum atomic E-state index is -1.53. The molecule has 2 unspecified atom stereocenters. The largest absolute Gasteiger partial charge is 0.494 e. The number of rotatable bonds is 11. The molecule has 0 saturated carbocycles. The van der Waals surface area contributed by atoms with Crippen LogP contribution in [0.4, 0.5) is 17.6 Å². The van der Waals surface area contributed by atoms with Gasteiger partial charge in [-0.3, -0.25) is 0 Å². The molecule has 26 heavy (non-hydrogen) atoms. The third-order valence-electron chi connectivity index (χ3n) is 4.06. The zero-order valence-corrected chi connectivity index (χ0v) is 15.7. The van der Waals surface area contributed by atoms with Crippen molar-refractivity contribution in [1.82, 2.24) is 0 Å². The van der Waals surface area contributed by atoms with Crippen LogP contribution in [0, 0.1) is 5.92 Å². The fourth-order valence-corrected chi connectivity index (χ4v) is 1.88. The Kier molecular flexibility index (Phi) is 9.94. The van der Waals surface area contributed by atoms with Crippen LogP contribution in [0.5, 0.6) is 0 Å². The number of ether oxygens (including phenoxy) is 2. The Morgan fingerprint density at radius 1 is 0.769 bits per heavy atom. The van der Waals surface area contributed by atoms with Crippen LogP contribution in [0.25, 0.3) is 0 Å². The van der Waals surface area contributed by atoms with E-state index in [0.29, 0.717) is 12.8 Å². The van der Waals surface area contributed by atoms with Crippen molar-refractivity contribution >= 4 is 0 Å². The Hall–Kier alpha value is -2.08. The van der Waals surface area contributed by atoms with Crippen molar-refractivity contribution in [3.63, 3.8) is 0 Å². The molecule has 0 radical (unpaired) electrons. The predicted octanol–water partition coefficient (Wildman–Crippen LogP) is 6.57. The van der Waals surface area contributed by atoms with Crippen LogP contribution in [-0.4, -0.2) is 20.3 Å². The Bertz CT molecular complexity index is 644. The van der Waals surface area contributed by atoms with Gasteiger partial charge in [0.1, 0.15) is 5.76 Å². The maximum absolute atomic E-state index is 14.3. The van der Waals surface area contributed by atoms with Gasteiger partial charge in [0.05, 0.1) is 13.2 Å². The molecule has 0 bridgehead atoms. The van der Waals surface area contributed by atoms with Gasteiger partial charge >= 0.3 is 0 Å². The molecular weight excluding hydrogens is 348 g/mol. The summed E-state index contributed by atoms with van der Waals surface area (Å²) in [4.78, 5) is 0. The molecule has 146 valence electrons. The first-order chi connectivity index (χ1) is 12.0. The number of methoxy groups -OCH3 is 2. The molecule has 0 aromatic heterocycles. The second-order valence-electron chi connectivity index (χ2n) is 5.89. The van der Waals surface area contributed by atoms with Gasteiger partial charge in [0.15, 0.2) is 17.5 Å². The first kappa shape index (κ1) is 23.9. The summed E-state index contributed by atoms with van der Waals surface area (Å²) in [5, 5.41) is 0. The minimum Gasteiger partial charge on any atom is -0.494 e. The molecule has 0 amide bonds. The van der Waals surface area contributed by atoms with Crippen LogP contribution in [0.15, 0.2) is 72.1 Å². The highest BCUT2D eigenvalue weighted by Crippen LogP contribution is 2.34. The Balaban J connectivity index is 5.37. The van der Waals surface area contributed by atoms with Crippen molar-refractivity contribution < 1.29 is 27.0 Å². The van der Waals surface area contributed by atoms with Crippen LogP contribution < -0.4 is 0 Å². The lowest BCUT2D eigenvalue weighted by Crippen LogP contribution is -2.09. The summed E-state index contributed by atoms with van der Waals surface area (Å²) in [6.45, 7) is 16.7. The highest BCUT2D eigenvalue weighted by atomic mass is 19.2. The molecule has 0 aliphatic carbocycles. The van der Waals surface area contributed by atoms with Gasteiger partial charge < -0.3 is 9.47 Å². The van der Waals surface area contributed by atoms with E-state index in [0.717, 1.165) is 7.11 Å². The number of allylic oxidation sites excluding steroid dienone is 7. The monoisotopic (exact) mass is 374 g/mol. The maximum atomic E-state index is 14.3. The summed E-state index contributed by atoms with van der Waals surface area (Å²) in [5.74, 6) is -6.70. The quantitative estimate of drug-likeness (QED) is 0.231. The third-order valence-corrected chi connectivity index (χ3v) is 4.06. The van der Waals surface area contributed by atoms with Crippen LogP contribution >= 0.6 is 0 Å². The number of hydrogen-bond donors (Lipinski definition) is 0. The van der Waals surface area contributed by atoms with E-state index in [2.05, 4.69) is 31.1 Å². The van der Waals surface area contributed by atoms with E-state index in [9.17, 15) is 17.6 Å². The first-order valence-electron chi connectivity index (χ1n) is 7.94. The number of halogens is 4. The van der Waals surface area contributed by atoms with Crippen molar-refractivity contribution in [3.05, 3.63) is 72.1 Å². The van der Waals surface area contributed by atoms with Gasteiger partial charge in [-0.1, -0.05) is 33.2 Å². The fourth-order valence-electron chi connectivity index (χ4n) is 1.88. The van der Waals surface area contributed by atoms with Gasteiger partial charge in [-0.2, -0.15) is 4.39 Å². The van der Waals surface area contributed by atoms with Crippen LogP contribution in [0.3, 0.4) is 0 Å². The molecule has 2 nitrogen and oxygen atoms in total. The molecule has 0 aromatic carbocycles. The molecule has 0 rings (SSSR count). The summed E-state index contributed by atoms with van der Waals surface area (Å²) in [7, 11) is 2.64. The average molecular weight is 374 g/mol. The lowest BCUT2D eigenvalue weighted by atomic mass is 9.93. The molecule has 0 heterocycles. The van der Waals surface area contributed by atoms with E-state index < -0.39 is 40.2 Å². The van der Waals surface area contributed by atoms with Gasteiger partial charge in [-0.25, -0.2) is 13.2 Å². The van der Waals surface area contributed by atoms with Gasteiger partial charge in [-0.05, 0) is 31.3 Å². The van der Waals surface area contributed by atoms with Crippen molar-refractivity contribution in [3.8, 4) is 0 Å². The van der Waals surface area contributed by atoms with E-state index in [1.54, 1.807) is 14.0 Å². The Morgan fingerprint density at radius 2 is 1.23 bits per heavy atom. The molecule has 6 heteroatoms. The second kappa shape index (κ2) is 10.8. The Morgan fingerprint density at radius 3 is 1.65 bits per heavy atom. The topological polar surface area (TPSA) is 18.5 Å². The highest BCUT2D eigenvalue weighted by Gasteiger charge is 2.23. The fraction of sp³-hybridized carbons (Fsp3) is 0.400. The zero-order chi connectivity index (χ0) is 20.6. The van der Waals surface area contributed by atoms with Gasteiger partial charge in [0.25, 0.3) is 0 Å². The standard InChI is InChI=1S/C20H26F4O2/c1-11(9-10-12(2)25-7)13(3)17(21)18(22)14(4)15(5)19(23)20(24)16(6)26-8/h11-12H,3-6,9-10H2,1-2,7-8H3/b18-17-,20-19-. The average Bonchev–Trinajstić information content (AvgIpc) is 2.66. The third kappa shape index (κ3) is 6.33. The normalized spacial score (nSPS) is 15.4. The SMILES string of the molecule is C=C(OC)/C(F)=C(/F)C(=C)C(=C)/C(F)=C(/F)C(=C)C(C)CCC(C)OC. The van der Waals surface area contributed by atoms with Crippen molar-refractivity contribution in [2.24, 2.45) is 5.92 Å². The summed E-state index contributed by atoms with van der Waals surface area (Å²) in [6, 6.07) is 0. The lowest BCUT2D eigenvalue weighted by Gasteiger charge is -2.17. The lowest BCUT2D eigenvalue weighted by molar-refractivity contribution is 0.106. The van der Waals surface area contributed by atoms with Crippen molar-refractivity contribution in [2.75, 3.05) is 14.2 Å². The molecular formula is C20H26F4O2. The predicted molar refractivity (Wildman–Crippen MR) is 96.9 cm³/mol. The maximum Gasteiger partial charge on any atom is 0.200 e. The summed E-state index contributed by atoms with van der Waals surface area (Å²) < 4.78 is 65.9. The van der Waals surface area contributed by atoms with Crippen molar-refractivity contribution in [2.45, 2.75) is 32.8 Å².